The Morgan fingerprint density at radius 2 is 1.78 bits per heavy atom. The van der Waals surface area contributed by atoms with Crippen molar-refractivity contribution < 1.29 is 9.53 Å². The second-order valence-electron chi connectivity index (χ2n) is 7.79. The molecule has 0 saturated heterocycles. The predicted octanol–water partition coefficient (Wildman–Crippen LogP) is 6.03. The molecule has 0 bridgehead atoms. The zero-order valence-corrected chi connectivity index (χ0v) is 18.8. The summed E-state index contributed by atoms with van der Waals surface area (Å²) in [6.07, 6.45) is 3.48. The smallest absolute Gasteiger partial charge is 0.255 e. The van der Waals surface area contributed by atoms with E-state index in [1.165, 1.54) is 5.56 Å². The Bertz CT molecular complexity index is 1230. The van der Waals surface area contributed by atoms with E-state index in [-0.39, 0.29) is 5.91 Å². The first-order valence-electron chi connectivity index (χ1n) is 10.3. The van der Waals surface area contributed by atoms with Crippen molar-refractivity contribution in [2.24, 2.45) is 0 Å². The number of hydrogen-bond donors (Lipinski definition) is 1. The van der Waals surface area contributed by atoms with Crippen LogP contribution >= 0.6 is 11.6 Å². The molecule has 3 aromatic carbocycles. The van der Waals surface area contributed by atoms with Crippen LogP contribution in [0.25, 0.3) is 0 Å². The molecule has 0 atom stereocenters. The topological polar surface area (TPSA) is 56.2 Å². The maximum absolute atomic E-state index is 12.7. The molecule has 162 valence electrons. The van der Waals surface area contributed by atoms with Crippen LogP contribution in [-0.4, -0.2) is 15.7 Å². The SMILES string of the molecule is Cc1ccc(Cn2cc(NC(=O)c3cccc(COc4cc(C)ccc4Cl)c3)cn2)cc1. The summed E-state index contributed by atoms with van der Waals surface area (Å²) in [5.74, 6) is 0.429. The fourth-order valence-electron chi connectivity index (χ4n) is 3.28. The number of rotatable bonds is 7. The Hall–Kier alpha value is -3.57. The number of nitrogens with one attached hydrogen (secondary N) is 1. The Morgan fingerprint density at radius 3 is 2.59 bits per heavy atom. The Balaban J connectivity index is 1.38. The molecule has 0 aliphatic heterocycles. The van der Waals surface area contributed by atoms with Crippen LogP contribution in [0.1, 0.15) is 32.6 Å². The lowest BCUT2D eigenvalue weighted by atomic mass is 10.1. The summed E-state index contributed by atoms with van der Waals surface area (Å²) in [7, 11) is 0. The number of carbonyl (C=O) groups is 1. The summed E-state index contributed by atoms with van der Waals surface area (Å²) < 4.78 is 7.65. The number of amides is 1. The number of benzene rings is 3. The quantitative estimate of drug-likeness (QED) is 0.377. The number of hydrogen-bond acceptors (Lipinski definition) is 3. The summed E-state index contributed by atoms with van der Waals surface area (Å²) in [6, 6.07) is 21.3. The fraction of sp³-hybridized carbons (Fsp3) is 0.154. The van der Waals surface area contributed by atoms with E-state index in [1.54, 1.807) is 16.9 Å². The second-order valence-corrected chi connectivity index (χ2v) is 8.20. The molecular weight excluding hydrogens is 422 g/mol. The first-order valence-corrected chi connectivity index (χ1v) is 10.7. The van der Waals surface area contributed by atoms with Crippen molar-refractivity contribution in [2.45, 2.75) is 27.0 Å². The molecule has 5 nitrogen and oxygen atoms in total. The third-order valence-corrected chi connectivity index (χ3v) is 5.34. The van der Waals surface area contributed by atoms with Gasteiger partial charge in [-0.15, -0.1) is 0 Å². The summed E-state index contributed by atoms with van der Waals surface area (Å²) >= 11 is 6.20. The lowest BCUT2D eigenvalue weighted by molar-refractivity contribution is 0.102. The number of carbonyl (C=O) groups excluding carboxylic acids is 1. The molecule has 4 rings (SSSR count). The van der Waals surface area contributed by atoms with Gasteiger partial charge in [0, 0.05) is 11.8 Å². The number of halogens is 1. The van der Waals surface area contributed by atoms with Crippen LogP contribution < -0.4 is 10.1 Å². The highest BCUT2D eigenvalue weighted by molar-refractivity contribution is 6.32. The molecule has 1 amide bonds. The minimum absolute atomic E-state index is 0.199. The van der Waals surface area contributed by atoms with Gasteiger partial charge >= 0.3 is 0 Å². The van der Waals surface area contributed by atoms with Gasteiger partial charge in [0.05, 0.1) is 23.5 Å². The molecule has 1 N–H and O–H groups in total. The van der Waals surface area contributed by atoms with Crippen molar-refractivity contribution >= 4 is 23.2 Å². The highest BCUT2D eigenvalue weighted by atomic mass is 35.5. The van der Waals surface area contributed by atoms with Crippen molar-refractivity contribution in [1.82, 2.24) is 9.78 Å². The standard InChI is InChI=1S/C26H24ClN3O2/c1-18-6-9-20(10-7-18)15-30-16-23(14-28-30)29-26(31)22-5-3-4-21(13-22)17-32-25-12-19(2)8-11-24(25)27/h3-14,16H,15,17H2,1-2H3,(H,29,31). The van der Waals surface area contributed by atoms with Crippen molar-refractivity contribution in [3.63, 3.8) is 0 Å². The van der Waals surface area contributed by atoms with Gasteiger partial charge in [-0.2, -0.15) is 5.10 Å². The number of ether oxygens (including phenoxy) is 1. The average Bonchev–Trinajstić information content (AvgIpc) is 3.23. The van der Waals surface area contributed by atoms with E-state index in [9.17, 15) is 4.79 Å². The molecule has 32 heavy (non-hydrogen) atoms. The summed E-state index contributed by atoms with van der Waals surface area (Å²) in [5, 5.41) is 7.82. The van der Waals surface area contributed by atoms with Gasteiger partial charge in [-0.25, -0.2) is 0 Å². The lowest BCUT2D eigenvalue weighted by Gasteiger charge is -2.10. The Morgan fingerprint density at radius 1 is 1.00 bits per heavy atom. The van der Waals surface area contributed by atoms with Gasteiger partial charge in [0.15, 0.2) is 0 Å². The van der Waals surface area contributed by atoms with E-state index in [0.717, 1.165) is 16.7 Å². The van der Waals surface area contributed by atoms with Crippen molar-refractivity contribution in [1.29, 1.82) is 0 Å². The van der Waals surface area contributed by atoms with Crippen LogP contribution in [0, 0.1) is 13.8 Å². The van der Waals surface area contributed by atoms with Gasteiger partial charge in [0.25, 0.3) is 5.91 Å². The third kappa shape index (κ3) is 5.56. The van der Waals surface area contributed by atoms with Crippen LogP contribution in [0.15, 0.2) is 79.1 Å². The third-order valence-electron chi connectivity index (χ3n) is 5.03. The molecule has 0 spiro atoms. The molecule has 1 heterocycles. The van der Waals surface area contributed by atoms with E-state index in [4.69, 9.17) is 16.3 Å². The normalized spacial score (nSPS) is 10.7. The Labute approximate surface area is 192 Å². The first kappa shape index (κ1) is 21.7. The van der Waals surface area contributed by atoms with Crippen molar-refractivity contribution in [2.75, 3.05) is 5.32 Å². The summed E-state index contributed by atoms with van der Waals surface area (Å²) in [4.78, 5) is 12.7. The maximum Gasteiger partial charge on any atom is 0.255 e. The molecule has 0 unspecified atom stereocenters. The van der Waals surface area contributed by atoms with Crippen LogP contribution in [0.2, 0.25) is 5.02 Å². The molecule has 0 saturated carbocycles. The average molecular weight is 446 g/mol. The number of anilines is 1. The molecule has 0 radical (unpaired) electrons. The van der Waals surface area contributed by atoms with E-state index in [2.05, 4.69) is 41.6 Å². The minimum atomic E-state index is -0.199. The van der Waals surface area contributed by atoms with Crippen molar-refractivity contribution in [3.8, 4) is 5.75 Å². The van der Waals surface area contributed by atoms with E-state index < -0.39 is 0 Å². The molecular formula is C26H24ClN3O2. The summed E-state index contributed by atoms with van der Waals surface area (Å²) in [5.41, 5.74) is 5.52. The minimum Gasteiger partial charge on any atom is -0.487 e. The van der Waals surface area contributed by atoms with E-state index in [1.807, 2.05) is 49.5 Å². The Kier molecular flexibility index (Phi) is 6.57. The van der Waals surface area contributed by atoms with Gasteiger partial charge < -0.3 is 10.1 Å². The highest BCUT2D eigenvalue weighted by Gasteiger charge is 2.10. The van der Waals surface area contributed by atoms with E-state index in [0.29, 0.717) is 35.2 Å². The molecule has 4 aromatic rings. The summed E-state index contributed by atoms with van der Waals surface area (Å²) in [6.45, 7) is 5.00. The molecule has 0 aliphatic carbocycles. The van der Waals surface area contributed by atoms with Gasteiger partial charge in [0.2, 0.25) is 0 Å². The number of aromatic nitrogens is 2. The zero-order chi connectivity index (χ0) is 22.5. The molecule has 1 aromatic heterocycles. The fourth-order valence-corrected chi connectivity index (χ4v) is 3.46. The second kappa shape index (κ2) is 9.71. The maximum atomic E-state index is 12.7. The van der Waals surface area contributed by atoms with Gasteiger partial charge in [-0.1, -0.05) is 59.6 Å². The number of nitrogens with zero attached hydrogens (tertiary/aromatic N) is 2. The number of aryl methyl sites for hydroxylation is 2. The van der Waals surface area contributed by atoms with Crippen molar-refractivity contribution in [3.05, 3.63) is 112 Å². The van der Waals surface area contributed by atoms with E-state index >= 15 is 0 Å². The molecule has 0 fully saturated rings. The van der Waals surface area contributed by atoms with Gasteiger partial charge in [0.1, 0.15) is 12.4 Å². The van der Waals surface area contributed by atoms with Crippen LogP contribution in [0.3, 0.4) is 0 Å². The molecule has 0 aliphatic rings. The van der Waals surface area contributed by atoms with Crippen LogP contribution in [0.5, 0.6) is 5.75 Å². The zero-order valence-electron chi connectivity index (χ0n) is 18.0. The van der Waals surface area contributed by atoms with Crippen LogP contribution in [-0.2, 0) is 13.2 Å². The monoisotopic (exact) mass is 445 g/mol. The lowest BCUT2D eigenvalue weighted by Crippen LogP contribution is -2.12. The predicted molar refractivity (Wildman–Crippen MR) is 127 cm³/mol. The highest BCUT2D eigenvalue weighted by Crippen LogP contribution is 2.26. The first-order chi connectivity index (χ1) is 15.5. The van der Waals surface area contributed by atoms with Gasteiger partial charge in [-0.3, -0.25) is 9.48 Å². The largest absolute Gasteiger partial charge is 0.487 e. The van der Waals surface area contributed by atoms with Crippen LogP contribution in [0.4, 0.5) is 5.69 Å². The molecule has 6 heteroatoms. The van der Waals surface area contributed by atoms with Gasteiger partial charge in [-0.05, 0) is 54.8 Å².